The number of rotatable bonds is 4. The fourth-order valence-corrected chi connectivity index (χ4v) is 3.47. The fourth-order valence-electron chi connectivity index (χ4n) is 1.85. The van der Waals surface area contributed by atoms with Gasteiger partial charge in [-0.05, 0) is 30.7 Å². The van der Waals surface area contributed by atoms with Gasteiger partial charge in [0.2, 0.25) is 10.0 Å². The van der Waals surface area contributed by atoms with Crippen molar-refractivity contribution in [3.63, 3.8) is 0 Å². The lowest BCUT2D eigenvalue weighted by Gasteiger charge is -2.15. The van der Waals surface area contributed by atoms with Gasteiger partial charge in [-0.2, -0.15) is 0 Å². The highest BCUT2D eigenvalue weighted by atomic mass is 35.5. The third-order valence-corrected chi connectivity index (χ3v) is 4.73. The third kappa shape index (κ3) is 3.30. The summed E-state index contributed by atoms with van der Waals surface area (Å²) in [6, 6.07) is 13.3. The van der Waals surface area contributed by atoms with E-state index in [0.717, 1.165) is 5.56 Å². The Morgan fingerprint density at radius 2 is 1.80 bits per heavy atom. The Morgan fingerprint density at radius 3 is 2.45 bits per heavy atom. The van der Waals surface area contributed by atoms with Crippen molar-refractivity contribution >= 4 is 27.3 Å². The second-order valence-electron chi connectivity index (χ2n) is 4.44. The van der Waals surface area contributed by atoms with Gasteiger partial charge in [0.05, 0.1) is 5.69 Å². The normalized spacial score (nSPS) is 13.1. The van der Waals surface area contributed by atoms with Crippen LogP contribution in [0.5, 0.6) is 0 Å². The average Bonchev–Trinajstić information content (AvgIpc) is 2.42. The fraction of sp³-hybridized carbons (Fsp3) is 0.143. The predicted molar refractivity (Wildman–Crippen MR) is 81.0 cm³/mol. The van der Waals surface area contributed by atoms with Crippen molar-refractivity contribution in [1.29, 1.82) is 0 Å². The van der Waals surface area contributed by atoms with Crippen molar-refractivity contribution in [2.24, 2.45) is 0 Å². The lowest BCUT2D eigenvalue weighted by atomic mass is 10.1. The van der Waals surface area contributed by atoms with Gasteiger partial charge in [-0.1, -0.05) is 41.9 Å². The van der Waals surface area contributed by atoms with Gasteiger partial charge >= 0.3 is 0 Å². The van der Waals surface area contributed by atoms with E-state index in [4.69, 9.17) is 17.3 Å². The summed E-state index contributed by atoms with van der Waals surface area (Å²) >= 11 is 5.83. The second-order valence-corrected chi connectivity index (χ2v) is 6.55. The van der Waals surface area contributed by atoms with Crippen molar-refractivity contribution in [2.75, 3.05) is 5.73 Å². The van der Waals surface area contributed by atoms with Crippen LogP contribution in [0.25, 0.3) is 0 Å². The molecule has 0 aliphatic heterocycles. The Balaban J connectivity index is 2.30. The molecule has 0 spiro atoms. The zero-order chi connectivity index (χ0) is 14.8. The molecule has 0 saturated heterocycles. The number of benzene rings is 2. The summed E-state index contributed by atoms with van der Waals surface area (Å²) in [4.78, 5) is -0.00668. The van der Waals surface area contributed by atoms with Crippen molar-refractivity contribution in [1.82, 2.24) is 4.72 Å². The highest BCUT2D eigenvalue weighted by Crippen LogP contribution is 2.24. The molecule has 106 valence electrons. The summed E-state index contributed by atoms with van der Waals surface area (Å²) < 4.78 is 27.3. The standard InChI is InChI=1S/C14H15ClN2O2S/c1-10(11-5-3-2-4-6-11)17-20(18,19)14-9-12(15)7-8-13(14)16/h2-10,17H,16H2,1H3/t10-/m0/s1. The molecule has 0 saturated carbocycles. The molecular weight excluding hydrogens is 296 g/mol. The molecule has 20 heavy (non-hydrogen) atoms. The van der Waals surface area contributed by atoms with Crippen LogP contribution in [0.3, 0.4) is 0 Å². The van der Waals surface area contributed by atoms with E-state index in [2.05, 4.69) is 4.72 Å². The van der Waals surface area contributed by atoms with Crippen molar-refractivity contribution in [3.8, 4) is 0 Å². The summed E-state index contributed by atoms with van der Waals surface area (Å²) in [5.74, 6) is 0. The lowest BCUT2D eigenvalue weighted by Crippen LogP contribution is -2.27. The number of nitrogen functional groups attached to an aromatic ring is 1. The van der Waals surface area contributed by atoms with Crippen LogP contribution >= 0.6 is 11.6 Å². The van der Waals surface area contributed by atoms with Crippen molar-refractivity contribution in [3.05, 3.63) is 59.1 Å². The summed E-state index contributed by atoms with van der Waals surface area (Å²) in [5, 5.41) is 0.326. The molecule has 0 amide bonds. The number of anilines is 1. The third-order valence-electron chi connectivity index (χ3n) is 2.90. The van der Waals surface area contributed by atoms with Crippen molar-refractivity contribution in [2.45, 2.75) is 17.9 Å². The first-order valence-corrected chi connectivity index (χ1v) is 7.88. The van der Waals surface area contributed by atoms with E-state index in [-0.39, 0.29) is 16.6 Å². The molecule has 0 aliphatic carbocycles. The van der Waals surface area contributed by atoms with Gasteiger partial charge < -0.3 is 5.73 Å². The molecule has 3 N–H and O–H groups in total. The first-order chi connectivity index (χ1) is 9.40. The van der Waals surface area contributed by atoms with Crippen LogP contribution in [-0.2, 0) is 10.0 Å². The van der Waals surface area contributed by atoms with E-state index >= 15 is 0 Å². The van der Waals surface area contributed by atoms with Crippen LogP contribution < -0.4 is 10.5 Å². The minimum atomic E-state index is -3.72. The van der Waals surface area contributed by atoms with Gasteiger partial charge in [0, 0.05) is 11.1 Å². The van der Waals surface area contributed by atoms with Gasteiger partial charge in [-0.25, -0.2) is 13.1 Å². The van der Waals surface area contributed by atoms with Gasteiger partial charge in [0.25, 0.3) is 0 Å². The van der Waals surface area contributed by atoms with Gasteiger partial charge in [-0.15, -0.1) is 0 Å². The highest BCUT2D eigenvalue weighted by Gasteiger charge is 2.21. The maximum atomic E-state index is 12.3. The topological polar surface area (TPSA) is 72.2 Å². The smallest absolute Gasteiger partial charge is 0.243 e. The van der Waals surface area contributed by atoms with Gasteiger partial charge in [0.1, 0.15) is 4.90 Å². The minimum absolute atomic E-state index is 0.00668. The van der Waals surface area contributed by atoms with Crippen LogP contribution in [0.15, 0.2) is 53.4 Å². The first kappa shape index (κ1) is 14.8. The minimum Gasteiger partial charge on any atom is -0.398 e. The summed E-state index contributed by atoms with van der Waals surface area (Å²) in [7, 11) is -3.72. The van der Waals surface area contributed by atoms with Crippen LogP contribution in [0.4, 0.5) is 5.69 Å². The molecule has 0 bridgehead atoms. The molecule has 1 atom stereocenters. The predicted octanol–water partition coefficient (Wildman–Crippen LogP) is 2.96. The molecule has 0 aromatic heterocycles. The second kappa shape index (κ2) is 5.83. The van der Waals surface area contributed by atoms with E-state index < -0.39 is 10.0 Å². The largest absolute Gasteiger partial charge is 0.398 e. The SMILES string of the molecule is C[C@H](NS(=O)(=O)c1cc(Cl)ccc1N)c1ccccc1. The maximum Gasteiger partial charge on any atom is 0.243 e. The zero-order valence-corrected chi connectivity index (χ0v) is 12.4. The number of hydrogen-bond donors (Lipinski definition) is 2. The Bertz CT molecular complexity index is 702. The number of nitrogens with two attached hydrogens (primary N) is 1. The average molecular weight is 311 g/mol. The Labute approximate surface area is 123 Å². The molecular formula is C14H15ClN2O2S. The van der Waals surface area contributed by atoms with Gasteiger partial charge in [-0.3, -0.25) is 0 Å². The van der Waals surface area contributed by atoms with Gasteiger partial charge in [0.15, 0.2) is 0 Å². The molecule has 0 aliphatic rings. The number of halogens is 1. The zero-order valence-electron chi connectivity index (χ0n) is 10.9. The molecule has 4 nitrogen and oxygen atoms in total. The van der Waals surface area contributed by atoms with Crippen LogP contribution in [0.2, 0.25) is 5.02 Å². The molecule has 0 unspecified atom stereocenters. The highest BCUT2D eigenvalue weighted by molar-refractivity contribution is 7.89. The molecule has 0 radical (unpaired) electrons. The number of hydrogen-bond acceptors (Lipinski definition) is 3. The van der Waals surface area contributed by atoms with E-state index in [0.29, 0.717) is 5.02 Å². The Hall–Kier alpha value is -1.56. The molecule has 0 fully saturated rings. The summed E-state index contributed by atoms with van der Waals surface area (Å²) in [6.45, 7) is 1.77. The Kier molecular flexibility index (Phi) is 4.32. The van der Waals surface area contributed by atoms with Crippen LogP contribution in [-0.4, -0.2) is 8.42 Å². The molecule has 2 aromatic rings. The summed E-state index contributed by atoms with van der Waals surface area (Å²) in [5.41, 5.74) is 6.75. The number of nitrogens with one attached hydrogen (secondary N) is 1. The van der Waals surface area contributed by atoms with E-state index in [9.17, 15) is 8.42 Å². The molecule has 2 rings (SSSR count). The summed E-state index contributed by atoms with van der Waals surface area (Å²) in [6.07, 6.45) is 0. The number of sulfonamides is 1. The van der Waals surface area contributed by atoms with E-state index in [1.807, 2.05) is 30.3 Å². The molecule has 0 heterocycles. The van der Waals surface area contributed by atoms with E-state index in [1.54, 1.807) is 13.0 Å². The first-order valence-electron chi connectivity index (χ1n) is 6.02. The molecule has 6 heteroatoms. The maximum absolute atomic E-state index is 12.3. The molecule has 2 aromatic carbocycles. The van der Waals surface area contributed by atoms with Crippen LogP contribution in [0, 0.1) is 0 Å². The lowest BCUT2D eigenvalue weighted by molar-refractivity contribution is 0.567. The van der Waals surface area contributed by atoms with E-state index in [1.165, 1.54) is 12.1 Å². The van der Waals surface area contributed by atoms with Crippen molar-refractivity contribution < 1.29 is 8.42 Å². The monoisotopic (exact) mass is 310 g/mol. The van der Waals surface area contributed by atoms with Crippen LogP contribution in [0.1, 0.15) is 18.5 Å². The Morgan fingerprint density at radius 1 is 1.15 bits per heavy atom. The quantitative estimate of drug-likeness (QED) is 0.853.